The number of rotatable bonds is 2. The lowest BCUT2D eigenvalue weighted by molar-refractivity contribution is -0.140. The molecule has 4 heteroatoms. The zero-order valence-corrected chi connectivity index (χ0v) is 10.3. The van der Waals surface area contributed by atoms with Crippen molar-refractivity contribution < 1.29 is 14.3 Å². The third kappa shape index (κ3) is 1.60. The lowest BCUT2D eigenvalue weighted by Crippen LogP contribution is -2.32. The average molecular weight is 245 g/mol. The van der Waals surface area contributed by atoms with Gasteiger partial charge in [0.2, 0.25) is 11.8 Å². The van der Waals surface area contributed by atoms with E-state index in [1.807, 2.05) is 24.3 Å². The second-order valence-corrected chi connectivity index (χ2v) is 4.85. The molecule has 0 spiro atoms. The molecule has 2 amide bonds. The first-order chi connectivity index (χ1) is 8.70. The Labute approximate surface area is 106 Å². The highest BCUT2D eigenvalue weighted by Gasteiger charge is 2.47. The number of amides is 2. The zero-order valence-electron chi connectivity index (χ0n) is 10.3. The molecule has 0 radical (unpaired) electrons. The van der Waals surface area contributed by atoms with Crippen LogP contribution >= 0.6 is 0 Å². The van der Waals surface area contributed by atoms with Crippen molar-refractivity contribution in [3.8, 4) is 5.75 Å². The number of hydrogen-bond acceptors (Lipinski definition) is 3. The normalized spacial score (nSPS) is 26.6. The molecule has 0 aliphatic carbocycles. The summed E-state index contributed by atoms with van der Waals surface area (Å²) in [6, 6.07) is 7.85. The Morgan fingerprint density at radius 2 is 1.89 bits per heavy atom. The van der Waals surface area contributed by atoms with Crippen molar-refractivity contribution in [3.05, 3.63) is 29.8 Å². The maximum atomic E-state index is 11.9. The summed E-state index contributed by atoms with van der Waals surface area (Å²) >= 11 is 0. The number of ether oxygens (including phenoxy) is 1. The highest BCUT2D eigenvalue weighted by Crippen LogP contribution is 2.40. The number of hydrogen-bond donors (Lipinski definition) is 0. The Balaban J connectivity index is 1.88. The van der Waals surface area contributed by atoms with E-state index < -0.39 is 0 Å². The van der Waals surface area contributed by atoms with Gasteiger partial charge in [0.05, 0.1) is 7.11 Å². The van der Waals surface area contributed by atoms with E-state index in [0.717, 1.165) is 17.7 Å². The van der Waals surface area contributed by atoms with Crippen molar-refractivity contribution in [2.24, 2.45) is 0 Å². The second kappa shape index (κ2) is 4.12. The van der Waals surface area contributed by atoms with Crippen molar-refractivity contribution >= 4 is 11.8 Å². The highest BCUT2D eigenvalue weighted by atomic mass is 16.5. The molecule has 4 nitrogen and oxygen atoms in total. The van der Waals surface area contributed by atoms with Gasteiger partial charge < -0.3 is 4.74 Å². The molecule has 2 fully saturated rings. The van der Waals surface area contributed by atoms with Gasteiger partial charge in [0.15, 0.2) is 0 Å². The maximum absolute atomic E-state index is 11.9. The predicted octanol–water partition coefficient (Wildman–Crippen LogP) is 1.70. The summed E-state index contributed by atoms with van der Waals surface area (Å²) in [5.74, 6) is 0.918. The van der Waals surface area contributed by atoms with Crippen molar-refractivity contribution in [2.75, 3.05) is 7.11 Å². The largest absolute Gasteiger partial charge is 0.497 e. The first-order valence-corrected chi connectivity index (χ1v) is 6.19. The number of benzene rings is 1. The van der Waals surface area contributed by atoms with E-state index >= 15 is 0 Å². The minimum atomic E-state index is -0.0247. The molecular weight excluding hydrogens is 230 g/mol. The molecule has 1 aromatic rings. The van der Waals surface area contributed by atoms with Crippen LogP contribution < -0.4 is 4.74 Å². The van der Waals surface area contributed by atoms with E-state index in [0.29, 0.717) is 12.8 Å². The molecule has 0 bridgehead atoms. The lowest BCUT2D eigenvalue weighted by atomic mass is 9.90. The fraction of sp³-hybridized carbons (Fsp3) is 0.429. The van der Waals surface area contributed by atoms with E-state index in [1.54, 1.807) is 7.11 Å². The fourth-order valence-electron chi connectivity index (χ4n) is 3.02. The van der Waals surface area contributed by atoms with Crippen LogP contribution in [0.25, 0.3) is 0 Å². The zero-order chi connectivity index (χ0) is 12.7. The van der Waals surface area contributed by atoms with Gasteiger partial charge in [-0.1, -0.05) is 12.1 Å². The maximum Gasteiger partial charge on any atom is 0.230 e. The summed E-state index contributed by atoms with van der Waals surface area (Å²) in [7, 11) is 1.63. The number of methoxy groups -OCH3 is 1. The average Bonchev–Trinajstić information content (AvgIpc) is 2.92. The summed E-state index contributed by atoms with van der Waals surface area (Å²) in [5, 5.41) is 0. The van der Waals surface area contributed by atoms with Crippen LogP contribution in [0.15, 0.2) is 24.3 Å². The summed E-state index contributed by atoms with van der Waals surface area (Å²) in [6.45, 7) is 0. The SMILES string of the molecule is COc1ccc([C@H]2CC(=O)N3C(=O)CC[C@@H]23)cc1. The van der Waals surface area contributed by atoms with Gasteiger partial charge in [0.1, 0.15) is 5.75 Å². The summed E-state index contributed by atoms with van der Waals surface area (Å²) < 4.78 is 5.13. The highest BCUT2D eigenvalue weighted by molar-refractivity contribution is 5.99. The first kappa shape index (κ1) is 11.3. The van der Waals surface area contributed by atoms with Crippen LogP contribution in [0.3, 0.4) is 0 Å². The van der Waals surface area contributed by atoms with Crippen LogP contribution in [0.5, 0.6) is 5.75 Å². The predicted molar refractivity (Wildman–Crippen MR) is 65.2 cm³/mol. The molecule has 0 saturated carbocycles. The number of nitrogens with zero attached hydrogens (tertiary/aromatic N) is 1. The van der Waals surface area contributed by atoms with Crippen molar-refractivity contribution in [1.29, 1.82) is 0 Å². The van der Waals surface area contributed by atoms with Crippen LogP contribution in [0.4, 0.5) is 0 Å². The van der Waals surface area contributed by atoms with E-state index in [9.17, 15) is 9.59 Å². The molecule has 18 heavy (non-hydrogen) atoms. The molecule has 2 aliphatic rings. The standard InChI is InChI=1S/C14H15NO3/c1-18-10-4-2-9(3-5-10)11-8-14(17)15-12(11)6-7-13(15)16/h2-5,11-12H,6-8H2,1H3/t11-,12+/m1/s1. The van der Waals surface area contributed by atoms with Gasteiger partial charge in [-0.2, -0.15) is 0 Å². The van der Waals surface area contributed by atoms with Crippen LogP contribution in [0.1, 0.15) is 30.7 Å². The molecular formula is C14H15NO3. The van der Waals surface area contributed by atoms with Crippen LogP contribution in [-0.4, -0.2) is 29.9 Å². The molecule has 94 valence electrons. The number of imide groups is 1. The Bertz CT molecular complexity index is 494. The van der Waals surface area contributed by atoms with Gasteiger partial charge in [-0.05, 0) is 24.1 Å². The molecule has 0 N–H and O–H groups in total. The number of carbonyl (C=O) groups excluding carboxylic acids is 2. The Hall–Kier alpha value is -1.84. The van der Waals surface area contributed by atoms with E-state index in [1.165, 1.54) is 4.90 Å². The fourth-order valence-corrected chi connectivity index (χ4v) is 3.02. The molecule has 3 rings (SSSR count). The van der Waals surface area contributed by atoms with E-state index in [4.69, 9.17) is 4.74 Å². The molecule has 2 heterocycles. The third-order valence-electron chi connectivity index (χ3n) is 3.93. The minimum Gasteiger partial charge on any atom is -0.497 e. The minimum absolute atomic E-state index is 0.0130. The Kier molecular flexibility index (Phi) is 2.58. The molecule has 2 saturated heterocycles. The number of carbonyl (C=O) groups is 2. The van der Waals surface area contributed by atoms with Crippen LogP contribution in [0.2, 0.25) is 0 Å². The Morgan fingerprint density at radius 3 is 2.56 bits per heavy atom. The molecule has 2 atom stereocenters. The molecule has 1 aromatic carbocycles. The third-order valence-corrected chi connectivity index (χ3v) is 3.93. The summed E-state index contributed by atoms with van der Waals surface area (Å²) in [4.78, 5) is 24.9. The van der Waals surface area contributed by atoms with Gasteiger partial charge in [-0.25, -0.2) is 0 Å². The van der Waals surface area contributed by atoms with Gasteiger partial charge in [0, 0.05) is 24.8 Å². The molecule has 0 aromatic heterocycles. The van der Waals surface area contributed by atoms with Crippen molar-refractivity contribution in [2.45, 2.75) is 31.2 Å². The first-order valence-electron chi connectivity index (χ1n) is 6.19. The summed E-state index contributed by atoms with van der Waals surface area (Å²) in [5.41, 5.74) is 1.12. The van der Waals surface area contributed by atoms with Gasteiger partial charge >= 0.3 is 0 Å². The molecule has 2 aliphatic heterocycles. The second-order valence-electron chi connectivity index (χ2n) is 4.85. The van der Waals surface area contributed by atoms with Gasteiger partial charge in [-0.15, -0.1) is 0 Å². The van der Waals surface area contributed by atoms with Crippen molar-refractivity contribution in [3.63, 3.8) is 0 Å². The lowest BCUT2D eigenvalue weighted by Gasteiger charge is -2.19. The molecule has 0 unspecified atom stereocenters. The van der Waals surface area contributed by atoms with E-state index in [2.05, 4.69) is 0 Å². The van der Waals surface area contributed by atoms with Gasteiger partial charge in [-0.3, -0.25) is 14.5 Å². The van der Waals surface area contributed by atoms with Crippen LogP contribution in [-0.2, 0) is 9.59 Å². The van der Waals surface area contributed by atoms with E-state index in [-0.39, 0.29) is 23.8 Å². The van der Waals surface area contributed by atoms with Crippen LogP contribution in [0, 0.1) is 0 Å². The van der Waals surface area contributed by atoms with Gasteiger partial charge in [0.25, 0.3) is 0 Å². The Morgan fingerprint density at radius 1 is 1.17 bits per heavy atom. The summed E-state index contributed by atoms with van der Waals surface area (Å²) in [6.07, 6.45) is 1.74. The van der Waals surface area contributed by atoms with Crippen molar-refractivity contribution in [1.82, 2.24) is 4.90 Å². The topological polar surface area (TPSA) is 46.6 Å². The quantitative estimate of drug-likeness (QED) is 0.745. The number of fused-ring (bicyclic) bond motifs is 1. The monoisotopic (exact) mass is 245 g/mol. The smallest absolute Gasteiger partial charge is 0.230 e.